The number of para-hydroxylation sites is 1. The summed E-state index contributed by atoms with van der Waals surface area (Å²) in [5, 5.41) is 11.2. The van der Waals surface area contributed by atoms with Crippen molar-refractivity contribution >= 4 is 29.6 Å². The van der Waals surface area contributed by atoms with Crippen LogP contribution in [0.1, 0.15) is 22.3 Å². The van der Waals surface area contributed by atoms with E-state index >= 15 is 0 Å². The molecule has 11 heteroatoms. The number of hydrogen-bond acceptors (Lipinski definition) is 8. The van der Waals surface area contributed by atoms with Gasteiger partial charge in [0, 0.05) is 11.6 Å². The normalized spacial score (nSPS) is 14.1. The molecule has 1 atom stereocenters. The Kier molecular flexibility index (Phi) is 7.36. The number of carbonyl (C=O) groups is 4. The average Bonchev–Trinajstić information content (AvgIpc) is 3.11. The molecule has 0 aliphatic carbocycles. The Morgan fingerprint density at radius 2 is 1.94 bits per heavy atom. The Bertz CT molecular complexity index is 1170. The topological polar surface area (TPSA) is 163 Å². The van der Waals surface area contributed by atoms with Crippen LogP contribution in [0.4, 0.5) is 0 Å². The first kappa shape index (κ1) is 24.1. The summed E-state index contributed by atoms with van der Waals surface area (Å²) in [6.07, 6.45) is 0.978. The van der Waals surface area contributed by atoms with Crippen molar-refractivity contribution in [1.29, 1.82) is 0 Å². The largest absolute Gasteiger partial charge is 0.493 e. The highest BCUT2D eigenvalue weighted by atomic mass is 16.5. The fourth-order valence-corrected chi connectivity index (χ4v) is 3.21. The lowest BCUT2D eigenvalue weighted by Gasteiger charge is -2.13. The van der Waals surface area contributed by atoms with Crippen molar-refractivity contribution in [2.24, 2.45) is 5.73 Å². The molecule has 0 aromatic heterocycles. The van der Waals surface area contributed by atoms with Crippen molar-refractivity contribution in [3.05, 3.63) is 53.3 Å². The van der Waals surface area contributed by atoms with Gasteiger partial charge in [0.1, 0.15) is 17.5 Å². The third-order valence-electron chi connectivity index (χ3n) is 4.77. The van der Waals surface area contributed by atoms with Gasteiger partial charge in [0.05, 0.1) is 26.2 Å². The number of hydrogen-bond donors (Lipinski definition) is 3. The van der Waals surface area contributed by atoms with E-state index in [9.17, 15) is 19.2 Å². The maximum Gasteiger partial charge on any atom is 0.326 e. The molecule has 2 aromatic rings. The van der Waals surface area contributed by atoms with Crippen LogP contribution in [-0.4, -0.2) is 55.5 Å². The molecule has 0 bridgehead atoms. The zero-order valence-electron chi connectivity index (χ0n) is 18.3. The molecule has 2 aromatic carbocycles. The van der Waals surface area contributed by atoms with E-state index < -0.39 is 36.9 Å². The van der Waals surface area contributed by atoms with Gasteiger partial charge in [-0.3, -0.25) is 14.4 Å². The minimum Gasteiger partial charge on any atom is -0.493 e. The number of Topliss-reactive ketones (excluding diaryl/α,β-unsaturated/α-hetero) is 1. The number of fused-ring (bicyclic) bond motifs is 1. The van der Waals surface area contributed by atoms with E-state index in [4.69, 9.17) is 29.8 Å². The van der Waals surface area contributed by atoms with Crippen LogP contribution < -0.4 is 30.0 Å². The summed E-state index contributed by atoms with van der Waals surface area (Å²) in [6, 6.07) is 8.14. The van der Waals surface area contributed by atoms with Gasteiger partial charge in [0.25, 0.3) is 5.91 Å². The first-order valence-corrected chi connectivity index (χ1v) is 9.96. The third-order valence-corrected chi connectivity index (χ3v) is 4.77. The van der Waals surface area contributed by atoms with Crippen molar-refractivity contribution in [3.63, 3.8) is 0 Å². The van der Waals surface area contributed by atoms with Gasteiger partial charge in [-0.1, -0.05) is 12.1 Å². The number of ketones is 1. The van der Waals surface area contributed by atoms with Gasteiger partial charge in [-0.2, -0.15) is 0 Å². The molecule has 1 aliphatic heterocycles. The van der Waals surface area contributed by atoms with Gasteiger partial charge < -0.3 is 35.1 Å². The molecule has 1 heterocycles. The Hall–Kier alpha value is -4.54. The number of carboxylic acids is 1. The Labute approximate surface area is 194 Å². The zero-order chi connectivity index (χ0) is 24.8. The first-order chi connectivity index (χ1) is 16.2. The van der Waals surface area contributed by atoms with Crippen LogP contribution in [0.25, 0.3) is 6.08 Å². The summed E-state index contributed by atoms with van der Waals surface area (Å²) < 4.78 is 21.7. The molecular weight excluding hydrogens is 448 g/mol. The molecule has 0 fully saturated rings. The second-order valence-corrected chi connectivity index (χ2v) is 7.10. The lowest BCUT2D eigenvalue weighted by atomic mass is 10.1. The van der Waals surface area contributed by atoms with E-state index in [1.54, 1.807) is 18.2 Å². The summed E-state index contributed by atoms with van der Waals surface area (Å²) in [7, 11) is 2.99. The van der Waals surface area contributed by atoms with Crippen molar-refractivity contribution in [2.45, 2.75) is 12.5 Å². The fourth-order valence-electron chi connectivity index (χ4n) is 3.21. The summed E-state index contributed by atoms with van der Waals surface area (Å²) in [6.45, 7) is -0.529. The number of methoxy groups -OCH3 is 2. The van der Waals surface area contributed by atoms with Gasteiger partial charge in [-0.15, -0.1) is 0 Å². The second-order valence-electron chi connectivity index (χ2n) is 7.10. The Morgan fingerprint density at radius 3 is 2.59 bits per heavy atom. The highest BCUT2D eigenvalue weighted by Gasteiger charge is 2.28. The lowest BCUT2D eigenvalue weighted by Crippen LogP contribution is -2.45. The molecule has 2 amide bonds. The lowest BCUT2D eigenvalue weighted by molar-refractivity contribution is -0.143. The summed E-state index contributed by atoms with van der Waals surface area (Å²) in [5.74, 6) is -1.94. The number of allylic oxidation sites excluding steroid dienone is 1. The van der Waals surface area contributed by atoms with Crippen molar-refractivity contribution < 1.29 is 43.2 Å². The zero-order valence-corrected chi connectivity index (χ0v) is 18.3. The molecule has 3 rings (SSSR count). The monoisotopic (exact) mass is 470 g/mol. The molecule has 0 saturated heterocycles. The Balaban J connectivity index is 1.70. The number of primary amides is 1. The smallest absolute Gasteiger partial charge is 0.326 e. The molecule has 0 unspecified atom stereocenters. The first-order valence-electron chi connectivity index (χ1n) is 9.96. The van der Waals surface area contributed by atoms with E-state index in [0.717, 1.165) is 0 Å². The Morgan fingerprint density at radius 1 is 1.18 bits per heavy atom. The molecule has 0 spiro atoms. The number of benzene rings is 2. The predicted octanol–water partition coefficient (Wildman–Crippen LogP) is 1.14. The van der Waals surface area contributed by atoms with Gasteiger partial charge >= 0.3 is 5.97 Å². The number of nitrogens with one attached hydrogen (secondary N) is 1. The van der Waals surface area contributed by atoms with Crippen LogP contribution in [0.15, 0.2) is 42.2 Å². The fraction of sp³-hybridized carbons (Fsp3) is 0.217. The van der Waals surface area contributed by atoms with E-state index in [-0.39, 0.29) is 23.0 Å². The summed E-state index contributed by atoms with van der Waals surface area (Å²) in [4.78, 5) is 46.8. The van der Waals surface area contributed by atoms with E-state index in [2.05, 4.69) is 5.32 Å². The summed E-state index contributed by atoms with van der Waals surface area (Å²) >= 11 is 0. The molecule has 11 nitrogen and oxygen atoms in total. The molecule has 34 heavy (non-hydrogen) atoms. The van der Waals surface area contributed by atoms with Crippen LogP contribution in [0.5, 0.6) is 23.0 Å². The number of aliphatic carboxylic acids is 1. The molecular formula is C23H22N2O9. The van der Waals surface area contributed by atoms with Crippen LogP contribution in [0.2, 0.25) is 0 Å². The van der Waals surface area contributed by atoms with E-state index in [0.29, 0.717) is 22.6 Å². The van der Waals surface area contributed by atoms with Crippen LogP contribution in [0, 0.1) is 0 Å². The molecule has 0 radical (unpaired) electrons. The molecule has 178 valence electrons. The molecule has 4 N–H and O–H groups in total. The predicted molar refractivity (Wildman–Crippen MR) is 118 cm³/mol. The van der Waals surface area contributed by atoms with Crippen LogP contribution in [-0.2, 0) is 14.4 Å². The van der Waals surface area contributed by atoms with Crippen molar-refractivity contribution in [3.8, 4) is 23.0 Å². The average molecular weight is 470 g/mol. The SMILES string of the molecule is COc1cccc(C=C2Oc3cc(OCC(=O)N[C@H](CC(N)=O)C(=O)O)ccc3C2=O)c1OC. The number of nitrogens with two attached hydrogens (primary N) is 1. The van der Waals surface area contributed by atoms with Crippen LogP contribution in [0.3, 0.4) is 0 Å². The minimum atomic E-state index is -1.46. The maximum absolute atomic E-state index is 12.7. The summed E-state index contributed by atoms with van der Waals surface area (Å²) in [5.41, 5.74) is 5.86. The van der Waals surface area contributed by atoms with Crippen molar-refractivity contribution in [2.75, 3.05) is 20.8 Å². The van der Waals surface area contributed by atoms with Gasteiger partial charge in [0.2, 0.25) is 11.7 Å². The van der Waals surface area contributed by atoms with Crippen LogP contribution >= 0.6 is 0 Å². The highest BCUT2D eigenvalue weighted by Crippen LogP contribution is 2.37. The van der Waals surface area contributed by atoms with Gasteiger partial charge in [-0.05, 0) is 24.3 Å². The number of carboxylic acid groups (broad SMARTS) is 1. The van der Waals surface area contributed by atoms with E-state index in [1.165, 1.54) is 38.5 Å². The molecule has 1 aliphatic rings. The second kappa shape index (κ2) is 10.4. The number of rotatable bonds is 10. The number of carbonyl (C=O) groups excluding carboxylic acids is 3. The van der Waals surface area contributed by atoms with Crippen molar-refractivity contribution in [1.82, 2.24) is 5.32 Å². The minimum absolute atomic E-state index is 0.0622. The van der Waals surface area contributed by atoms with Gasteiger partial charge in [0.15, 0.2) is 23.9 Å². The highest BCUT2D eigenvalue weighted by molar-refractivity contribution is 6.14. The maximum atomic E-state index is 12.7. The molecule has 0 saturated carbocycles. The quantitative estimate of drug-likeness (QED) is 0.432. The number of ether oxygens (including phenoxy) is 4. The number of amides is 2. The standard InChI is InChI=1S/C23H22N2O9/c1-31-16-5-3-4-12(22(16)32-2)8-18-21(28)14-7-6-13(9-17(14)34-18)33-11-20(27)25-15(23(29)30)10-19(24)26/h3-9,15H,10-11H2,1-2H3,(H2,24,26)(H,25,27)(H,29,30)/t15-/m1/s1. The van der Waals surface area contributed by atoms with E-state index in [1.807, 2.05) is 0 Å². The third kappa shape index (κ3) is 5.44. The van der Waals surface area contributed by atoms with Gasteiger partial charge in [-0.25, -0.2) is 4.79 Å².